The van der Waals surface area contributed by atoms with Crippen LogP contribution in [0.15, 0.2) is 24.3 Å². The molecule has 1 aromatic carbocycles. The van der Waals surface area contributed by atoms with E-state index in [-0.39, 0.29) is 19.1 Å². The lowest BCUT2D eigenvalue weighted by atomic mass is 9.97. The van der Waals surface area contributed by atoms with Crippen LogP contribution in [0.25, 0.3) is 0 Å². The Bertz CT molecular complexity index is 503. The van der Waals surface area contributed by atoms with E-state index in [1.165, 1.54) is 0 Å². The van der Waals surface area contributed by atoms with Crippen molar-refractivity contribution in [2.75, 3.05) is 11.9 Å². The Hall–Kier alpha value is -2.28. The summed E-state index contributed by atoms with van der Waals surface area (Å²) in [5.41, 5.74) is 7.90. The van der Waals surface area contributed by atoms with Crippen molar-refractivity contribution in [1.29, 1.82) is 0 Å². The van der Waals surface area contributed by atoms with Gasteiger partial charge in [-0.25, -0.2) is 10.3 Å². The van der Waals surface area contributed by atoms with Crippen LogP contribution in [-0.4, -0.2) is 24.6 Å². The Labute approximate surface area is 122 Å². The Balaban J connectivity index is 1.83. The van der Waals surface area contributed by atoms with Crippen LogP contribution >= 0.6 is 0 Å². The van der Waals surface area contributed by atoms with Crippen LogP contribution in [0.2, 0.25) is 0 Å². The monoisotopic (exact) mass is 293 g/mol. The predicted molar refractivity (Wildman–Crippen MR) is 76.6 cm³/mol. The molecule has 114 valence electrons. The molecular formula is C14H19N3O4. The fraction of sp³-hybridized carbons (Fsp3) is 0.429. The number of carbonyl (C=O) groups excluding carboxylic acids is 2. The maximum atomic E-state index is 11.7. The van der Waals surface area contributed by atoms with Gasteiger partial charge in [-0.2, -0.15) is 0 Å². The molecule has 1 aliphatic rings. The molecule has 7 heteroatoms. The second kappa shape index (κ2) is 7.49. The number of nitrogens with one attached hydrogen (secondary N) is 2. The number of hydroxylamine groups is 1. The molecular weight excluding hydrogens is 274 g/mol. The Kier molecular flexibility index (Phi) is 5.39. The van der Waals surface area contributed by atoms with Crippen LogP contribution in [0.5, 0.6) is 5.75 Å². The second-order valence-corrected chi connectivity index (χ2v) is 4.79. The van der Waals surface area contributed by atoms with Gasteiger partial charge in [0.15, 0.2) is 0 Å². The van der Waals surface area contributed by atoms with Crippen LogP contribution < -0.4 is 21.3 Å². The summed E-state index contributed by atoms with van der Waals surface area (Å²) in [6, 6.07) is 6.47. The third-order valence-corrected chi connectivity index (χ3v) is 3.11. The summed E-state index contributed by atoms with van der Waals surface area (Å²) < 4.78 is 5.42. The third-order valence-electron chi connectivity index (χ3n) is 3.11. The van der Waals surface area contributed by atoms with Crippen molar-refractivity contribution < 1.29 is 19.2 Å². The van der Waals surface area contributed by atoms with Crippen LogP contribution in [0.4, 0.5) is 10.5 Å². The summed E-state index contributed by atoms with van der Waals surface area (Å²) in [7, 11) is 0. The van der Waals surface area contributed by atoms with Gasteiger partial charge in [-0.15, -0.1) is 0 Å². The molecule has 21 heavy (non-hydrogen) atoms. The molecule has 0 saturated heterocycles. The molecule has 4 N–H and O–H groups in total. The van der Waals surface area contributed by atoms with Gasteiger partial charge in [-0.3, -0.25) is 9.63 Å². The van der Waals surface area contributed by atoms with E-state index in [9.17, 15) is 9.59 Å². The number of amides is 3. The average molecular weight is 293 g/mol. The summed E-state index contributed by atoms with van der Waals surface area (Å²) in [6.07, 6.45) is 3.29. The molecule has 1 saturated carbocycles. The van der Waals surface area contributed by atoms with Crippen molar-refractivity contribution in [2.24, 2.45) is 5.73 Å². The molecule has 3 amide bonds. The van der Waals surface area contributed by atoms with Crippen molar-refractivity contribution >= 4 is 17.6 Å². The van der Waals surface area contributed by atoms with Crippen molar-refractivity contribution in [3.05, 3.63) is 24.3 Å². The summed E-state index contributed by atoms with van der Waals surface area (Å²) >= 11 is 0. The molecule has 0 bridgehead atoms. The van der Waals surface area contributed by atoms with Gasteiger partial charge in [0.05, 0.1) is 24.8 Å². The maximum Gasteiger partial charge on any atom is 0.343 e. The lowest BCUT2D eigenvalue weighted by molar-refractivity contribution is -0.118. The quantitative estimate of drug-likeness (QED) is 0.663. The van der Waals surface area contributed by atoms with Crippen molar-refractivity contribution in [1.82, 2.24) is 5.48 Å². The van der Waals surface area contributed by atoms with Gasteiger partial charge in [0.25, 0.3) is 0 Å². The molecule has 0 heterocycles. The van der Waals surface area contributed by atoms with E-state index >= 15 is 0 Å². The highest BCUT2D eigenvalue weighted by Gasteiger charge is 2.19. The van der Waals surface area contributed by atoms with E-state index in [1.54, 1.807) is 24.3 Å². The van der Waals surface area contributed by atoms with Crippen molar-refractivity contribution in [2.45, 2.75) is 31.8 Å². The molecule has 1 aliphatic carbocycles. The lowest BCUT2D eigenvalue weighted by Gasteiger charge is -2.24. The number of anilines is 1. The topological polar surface area (TPSA) is 103 Å². The summed E-state index contributed by atoms with van der Waals surface area (Å²) in [6.45, 7) is 0.161. The number of urea groups is 1. The first-order valence-electron chi connectivity index (χ1n) is 6.88. The number of carbonyl (C=O) groups is 2. The zero-order valence-electron chi connectivity index (χ0n) is 11.6. The smallest absolute Gasteiger partial charge is 0.343 e. The first kappa shape index (κ1) is 15.1. The molecule has 0 aromatic heterocycles. The van der Waals surface area contributed by atoms with E-state index in [4.69, 9.17) is 15.3 Å². The van der Waals surface area contributed by atoms with Gasteiger partial charge in [0, 0.05) is 0 Å². The number of hydrogen-bond acceptors (Lipinski definition) is 4. The van der Waals surface area contributed by atoms with E-state index in [2.05, 4.69) is 10.8 Å². The zero-order valence-corrected chi connectivity index (χ0v) is 11.6. The van der Waals surface area contributed by atoms with Gasteiger partial charge in [-0.05, 0) is 31.4 Å². The van der Waals surface area contributed by atoms with Gasteiger partial charge in [0.1, 0.15) is 5.75 Å². The fourth-order valence-electron chi connectivity index (χ4n) is 1.73. The highest BCUT2D eigenvalue weighted by atomic mass is 16.7. The summed E-state index contributed by atoms with van der Waals surface area (Å²) in [5.74, 6) is 0.0321. The number of para-hydroxylation sites is 2. The minimum absolute atomic E-state index is 0.109. The standard InChI is InChI=1S/C14H19N3O4/c15-13(18)8-9-20-12-7-2-1-6-11(12)16-14(19)17-21-10-4-3-5-10/h1-2,6-7,10H,3-5,8-9H2,(H2,15,18)(H2,16,17,19). The zero-order chi connectivity index (χ0) is 15.1. The van der Waals surface area contributed by atoms with E-state index in [0.717, 1.165) is 19.3 Å². The van der Waals surface area contributed by atoms with Crippen LogP contribution in [0.3, 0.4) is 0 Å². The van der Waals surface area contributed by atoms with Crippen LogP contribution in [-0.2, 0) is 9.63 Å². The Morgan fingerprint density at radius 2 is 2.05 bits per heavy atom. The third kappa shape index (κ3) is 4.96. The summed E-state index contributed by atoms with van der Waals surface area (Å²) in [4.78, 5) is 27.6. The fourth-order valence-corrected chi connectivity index (χ4v) is 1.73. The number of benzene rings is 1. The van der Waals surface area contributed by atoms with Gasteiger partial charge in [-0.1, -0.05) is 12.1 Å². The highest BCUT2D eigenvalue weighted by Crippen LogP contribution is 2.24. The van der Waals surface area contributed by atoms with Gasteiger partial charge >= 0.3 is 6.03 Å². The first-order valence-corrected chi connectivity index (χ1v) is 6.88. The molecule has 1 fully saturated rings. The molecule has 0 atom stereocenters. The molecule has 0 spiro atoms. The van der Waals surface area contributed by atoms with Crippen molar-refractivity contribution in [3.63, 3.8) is 0 Å². The number of rotatable bonds is 7. The maximum absolute atomic E-state index is 11.7. The molecule has 1 aromatic rings. The minimum atomic E-state index is -0.465. The van der Waals surface area contributed by atoms with E-state index < -0.39 is 11.9 Å². The van der Waals surface area contributed by atoms with Crippen LogP contribution in [0, 0.1) is 0 Å². The molecule has 0 radical (unpaired) electrons. The number of nitrogens with two attached hydrogens (primary N) is 1. The molecule has 2 rings (SSSR count). The highest BCUT2D eigenvalue weighted by molar-refractivity contribution is 5.90. The normalized spacial score (nSPS) is 14.1. The predicted octanol–water partition coefficient (Wildman–Crippen LogP) is 1.55. The van der Waals surface area contributed by atoms with Crippen molar-refractivity contribution in [3.8, 4) is 5.75 Å². The Morgan fingerprint density at radius 1 is 1.29 bits per heavy atom. The van der Waals surface area contributed by atoms with Gasteiger partial charge < -0.3 is 15.8 Å². The number of primary amides is 1. The number of ether oxygens (including phenoxy) is 1. The lowest BCUT2D eigenvalue weighted by Crippen LogP contribution is -2.35. The molecule has 7 nitrogen and oxygen atoms in total. The first-order chi connectivity index (χ1) is 10.1. The van der Waals surface area contributed by atoms with Gasteiger partial charge in [0.2, 0.25) is 5.91 Å². The molecule has 0 unspecified atom stereocenters. The SMILES string of the molecule is NC(=O)CCOc1ccccc1NC(=O)NOC1CCC1. The average Bonchev–Trinajstić information content (AvgIpc) is 2.38. The minimum Gasteiger partial charge on any atom is -0.491 e. The summed E-state index contributed by atoms with van der Waals surface area (Å²) in [5, 5.41) is 2.64. The second-order valence-electron chi connectivity index (χ2n) is 4.79. The molecule has 0 aliphatic heterocycles. The van der Waals surface area contributed by atoms with E-state index in [1.807, 2.05) is 0 Å². The van der Waals surface area contributed by atoms with E-state index in [0.29, 0.717) is 11.4 Å². The number of hydrogen-bond donors (Lipinski definition) is 3. The largest absolute Gasteiger partial charge is 0.491 e. The Morgan fingerprint density at radius 3 is 2.71 bits per heavy atom. The van der Waals surface area contributed by atoms with Crippen LogP contribution in [0.1, 0.15) is 25.7 Å².